The van der Waals surface area contributed by atoms with E-state index in [2.05, 4.69) is 34.3 Å². The van der Waals surface area contributed by atoms with Gasteiger partial charge in [0.25, 0.3) is 0 Å². The molecule has 0 aliphatic carbocycles. The molecular weight excluding hydrogens is 222 g/mol. The third-order valence-electron chi connectivity index (χ3n) is 3.09. The van der Waals surface area contributed by atoms with Crippen molar-refractivity contribution < 1.29 is 0 Å². The largest absolute Gasteiger partial charge is 0.313 e. The van der Waals surface area contributed by atoms with Crippen molar-refractivity contribution in [3.8, 4) is 0 Å². The molecule has 0 aromatic carbocycles. The molecule has 0 aliphatic heterocycles. The molecule has 0 aliphatic rings. The SMILES string of the molecule is CNC(CCc1cccnc1)c1cncc(C)c1. The molecule has 3 heteroatoms. The Morgan fingerprint density at radius 2 is 2.11 bits per heavy atom. The van der Waals surface area contributed by atoms with Crippen LogP contribution in [0.3, 0.4) is 0 Å². The summed E-state index contributed by atoms with van der Waals surface area (Å²) in [4.78, 5) is 8.40. The summed E-state index contributed by atoms with van der Waals surface area (Å²) in [6.07, 6.45) is 9.64. The molecule has 0 amide bonds. The lowest BCUT2D eigenvalue weighted by atomic mass is 10.0. The van der Waals surface area contributed by atoms with Crippen LogP contribution in [-0.4, -0.2) is 17.0 Å². The molecule has 1 N–H and O–H groups in total. The van der Waals surface area contributed by atoms with E-state index in [1.54, 1.807) is 0 Å². The van der Waals surface area contributed by atoms with Crippen LogP contribution in [0.25, 0.3) is 0 Å². The highest BCUT2D eigenvalue weighted by Crippen LogP contribution is 2.18. The summed E-state index contributed by atoms with van der Waals surface area (Å²) in [5, 5.41) is 3.36. The number of nitrogens with zero attached hydrogens (tertiary/aromatic N) is 2. The van der Waals surface area contributed by atoms with E-state index in [0.717, 1.165) is 12.8 Å². The quantitative estimate of drug-likeness (QED) is 0.874. The molecular formula is C15H19N3. The van der Waals surface area contributed by atoms with Crippen molar-refractivity contribution in [2.45, 2.75) is 25.8 Å². The van der Waals surface area contributed by atoms with Crippen molar-refractivity contribution in [3.05, 3.63) is 59.7 Å². The maximum absolute atomic E-state index is 4.26. The highest BCUT2D eigenvalue weighted by Gasteiger charge is 2.09. The minimum absolute atomic E-state index is 0.345. The van der Waals surface area contributed by atoms with Gasteiger partial charge in [-0.3, -0.25) is 9.97 Å². The topological polar surface area (TPSA) is 37.8 Å². The van der Waals surface area contributed by atoms with E-state index in [0.29, 0.717) is 6.04 Å². The van der Waals surface area contributed by atoms with Crippen molar-refractivity contribution in [3.63, 3.8) is 0 Å². The highest BCUT2D eigenvalue weighted by atomic mass is 14.9. The van der Waals surface area contributed by atoms with Crippen molar-refractivity contribution in [1.29, 1.82) is 0 Å². The Labute approximate surface area is 108 Å². The van der Waals surface area contributed by atoms with Crippen molar-refractivity contribution >= 4 is 0 Å². The van der Waals surface area contributed by atoms with Gasteiger partial charge < -0.3 is 5.32 Å². The van der Waals surface area contributed by atoms with Crippen LogP contribution in [0, 0.1) is 6.92 Å². The molecule has 1 unspecified atom stereocenters. The Hall–Kier alpha value is -1.74. The van der Waals surface area contributed by atoms with Gasteiger partial charge in [-0.05, 0) is 49.6 Å². The smallest absolute Gasteiger partial charge is 0.0336 e. The predicted molar refractivity (Wildman–Crippen MR) is 73.3 cm³/mol. The third-order valence-corrected chi connectivity index (χ3v) is 3.09. The molecule has 2 rings (SSSR count). The molecule has 0 fully saturated rings. The molecule has 2 aromatic heterocycles. The number of hydrogen-bond acceptors (Lipinski definition) is 3. The van der Waals surface area contributed by atoms with Gasteiger partial charge in [-0.15, -0.1) is 0 Å². The molecule has 3 nitrogen and oxygen atoms in total. The Morgan fingerprint density at radius 3 is 2.78 bits per heavy atom. The summed E-state index contributed by atoms with van der Waals surface area (Å²) in [7, 11) is 2.00. The summed E-state index contributed by atoms with van der Waals surface area (Å²) in [6, 6.07) is 6.64. The Morgan fingerprint density at radius 1 is 1.22 bits per heavy atom. The average Bonchev–Trinajstić information content (AvgIpc) is 2.41. The van der Waals surface area contributed by atoms with Crippen LogP contribution in [0.4, 0.5) is 0 Å². The Kier molecular flexibility index (Phi) is 4.42. The van der Waals surface area contributed by atoms with Crippen LogP contribution in [-0.2, 0) is 6.42 Å². The third kappa shape index (κ3) is 3.37. The van der Waals surface area contributed by atoms with E-state index in [1.165, 1.54) is 16.7 Å². The summed E-state index contributed by atoms with van der Waals surface area (Å²) < 4.78 is 0. The first-order valence-electron chi connectivity index (χ1n) is 6.27. The van der Waals surface area contributed by atoms with Crippen molar-refractivity contribution in [2.24, 2.45) is 0 Å². The summed E-state index contributed by atoms with van der Waals surface area (Å²) in [5.41, 5.74) is 3.73. The first-order chi connectivity index (χ1) is 8.79. The molecule has 18 heavy (non-hydrogen) atoms. The van der Waals surface area contributed by atoms with Gasteiger partial charge in [0, 0.05) is 30.8 Å². The summed E-state index contributed by atoms with van der Waals surface area (Å²) >= 11 is 0. The van der Waals surface area contributed by atoms with Gasteiger partial charge in [0.15, 0.2) is 0 Å². The number of aryl methyl sites for hydroxylation is 2. The molecule has 1 atom stereocenters. The average molecular weight is 241 g/mol. The van der Waals surface area contributed by atoms with Crippen LogP contribution in [0.2, 0.25) is 0 Å². The van der Waals surface area contributed by atoms with Crippen LogP contribution in [0.15, 0.2) is 43.0 Å². The standard InChI is InChI=1S/C15H19N3/c1-12-8-14(11-18-9-12)15(16-2)6-5-13-4-3-7-17-10-13/h3-4,7-11,15-16H,5-6H2,1-2H3. The van der Waals surface area contributed by atoms with E-state index in [9.17, 15) is 0 Å². The zero-order valence-electron chi connectivity index (χ0n) is 10.9. The normalized spacial score (nSPS) is 12.3. The van der Waals surface area contributed by atoms with Gasteiger partial charge >= 0.3 is 0 Å². The maximum Gasteiger partial charge on any atom is 0.0336 e. The molecule has 94 valence electrons. The second-order valence-electron chi connectivity index (χ2n) is 4.54. The second kappa shape index (κ2) is 6.26. The van der Waals surface area contributed by atoms with Gasteiger partial charge in [0.1, 0.15) is 0 Å². The Bertz CT molecular complexity index is 482. The molecule has 0 bridgehead atoms. The monoisotopic (exact) mass is 241 g/mol. The van der Waals surface area contributed by atoms with E-state index >= 15 is 0 Å². The second-order valence-corrected chi connectivity index (χ2v) is 4.54. The van der Waals surface area contributed by atoms with Gasteiger partial charge in [-0.2, -0.15) is 0 Å². The fourth-order valence-corrected chi connectivity index (χ4v) is 2.10. The van der Waals surface area contributed by atoms with E-state index in [-0.39, 0.29) is 0 Å². The molecule has 0 spiro atoms. The molecule has 2 heterocycles. The first-order valence-corrected chi connectivity index (χ1v) is 6.27. The van der Waals surface area contributed by atoms with E-state index < -0.39 is 0 Å². The van der Waals surface area contributed by atoms with Crippen LogP contribution in [0.1, 0.15) is 29.2 Å². The first kappa shape index (κ1) is 12.7. The Balaban J connectivity index is 2.02. The van der Waals surface area contributed by atoms with E-state index in [1.807, 2.05) is 37.9 Å². The van der Waals surface area contributed by atoms with E-state index in [4.69, 9.17) is 0 Å². The zero-order chi connectivity index (χ0) is 12.8. The number of aromatic nitrogens is 2. The molecule has 2 aromatic rings. The minimum Gasteiger partial charge on any atom is -0.313 e. The van der Waals surface area contributed by atoms with Gasteiger partial charge in [-0.25, -0.2) is 0 Å². The number of pyridine rings is 2. The highest BCUT2D eigenvalue weighted by molar-refractivity contribution is 5.20. The lowest BCUT2D eigenvalue weighted by molar-refractivity contribution is 0.547. The van der Waals surface area contributed by atoms with Gasteiger partial charge in [0.05, 0.1) is 0 Å². The van der Waals surface area contributed by atoms with Gasteiger partial charge in [-0.1, -0.05) is 12.1 Å². The molecule has 0 saturated heterocycles. The predicted octanol–water partition coefficient (Wildman–Crippen LogP) is 2.68. The van der Waals surface area contributed by atoms with Crippen LogP contribution in [0.5, 0.6) is 0 Å². The van der Waals surface area contributed by atoms with Crippen molar-refractivity contribution in [2.75, 3.05) is 7.05 Å². The minimum atomic E-state index is 0.345. The molecule has 0 radical (unpaired) electrons. The fourth-order valence-electron chi connectivity index (χ4n) is 2.10. The number of rotatable bonds is 5. The zero-order valence-corrected chi connectivity index (χ0v) is 10.9. The maximum atomic E-state index is 4.26. The summed E-state index contributed by atoms with van der Waals surface area (Å²) in [6.45, 7) is 2.07. The van der Waals surface area contributed by atoms with Crippen LogP contribution >= 0.6 is 0 Å². The van der Waals surface area contributed by atoms with Crippen molar-refractivity contribution in [1.82, 2.24) is 15.3 Å². The van der Waals surface area contributed by atoms with Gasteiger partial charge in [0.2, 0.25) is 0 Å². The number of hydrogen-bond donors (Lipinski definition) is 1. The number of nitrogens with one attached hydrogen (secondary N) is 1. The fraction of sp³-hybridized carbons (Fsp3) is 0.333. The molecule has 0 saturated carbocycles. The van der Waals surface area contributed by atoms with Crippen LogP contribution < -0.4 is 5.32 Å². The lowest BCUT2D eigenvalue weighted by Gasteiger charge is -2.16. The summed E-state index contributed by atoms with van der Waals surface area (Å²) in [5.74, 6) is 0. The lowest BCUT2D eigenvalue weighted by Crippen LogP contribution is -2.17.